The van der Waals surface area contributed by atoms with Crippen LogP contribution in [0.3, 0.4) is 0 Å². The molecule has 6 heteroatoms. The third-order valence-electron chi connectivity index (χ3n) is 4.22. The number of aryl methyl sites for hydroxylation is 1. The predicted octanol–water partition coefficient (Wildman–Crippen LogP) is 4.31. The third-order valence-corrected chi connectivity index (χ3v) is 5.28. The largest absolute Gasteiger partial charge is 0.593 e. The summed E-state index contributed by atoms with van der Waals surface area (Å²) in [5, 5.41) is 0. The van der Waals surface area contributed by atoms with Gasteiger partial charge in [-0.2, -0.15) is 0 Å². The molecule has 0 saturated carbocycles. The van der Waals surface area contributed by atoms with Crippen LogP contribution in [0.5, 0.6) is 0 Å². The van der Waals surface area contributed by atoms with Gasteiger partial charge in [0, 0.05) is 17.7 Å². The van der Waals surface area contributed by atoms with Gasteiger partial charge in [0.1, 0.15) is 6.10 Å². The summed E-state index contributed by atoms with van der Waals surface area (Å²) in [5.74, 6) is 0.434. The molecule has 0 bridgehead atoms. The average molecular weight is 358 g/mol. The number of carbonyl (C=O) groups is 1. The van der Waals surface area contributed by atoms with E-state index in [9.17, 15) is 9.35 Å². The van der Waals surface area contributed by atoms with E-state index in [0.29, 0.717) is 12.3 Å². The number of benzene rings is 2. The summed E-state index contributed by atoms with van der Waals surface area (Å²) >= 11 is -1.23. The van der Waals surface area contributed by atoms with Gasteiger partial charge in [-0.3, -0.25) is 4.90 Å². The second-order valence-electron chi connectivity index (χ2n) is 6.12. The van der Waals surface area contributed by atoms with Gasteiger partial charge in [-0.25, -0.2) is 9.52 Å². The van der Waals surface area contributed by atoms with E-state index in [1.807, 2.05) is 63.2 Å². The van der Waals surface area contributed by atoms with E-state index in [1.54, 1.807) is 4.90 Å². The quantitative estimate of drug-likeness (QED) is 0.809. The number of ether oxygens (including phenoxy) is 1. The van der Waals surface area contributed by atoms with E-state index >= 15 is 0 Å². The molecule has 0 saturated heterocycles. The van der Waals surface area contributed by atoms with E-state index in [4.69, 9.17) is 4.74 Å². The van der Waals surface area contributed by atoms with Crippen LogP contribution in [0.15, 0.2) is 42.5 Å². The number of hydrogen-bond acceptors (Lipinski definition) is 4. The minimum Gasteiger partial charge on any atom is -0.593 e. The Kier molecular flexibility index (Phi) is 5.20. The zero-order chi connectivity index (χ0) is 18.0. The fraction of sp³-hybridized carbons (Fsp3) is 0.316. The van der Waals surface area contributed by atoms with Gasteiger partial charge in [-0.1, -0.05) is 29.8 Å². The van der Waals surface area contributed by atoms with Gasteiger partial charge in [-0.15, -0.1) is 0 Å². The Morgan fingerprint density at radius 2 is 1.96 bits per heavy atom. The zero-order valence-corrected chi connectivity index (χ0v) is 15.4. The predicted molar refractivity (Wildman–Crippen MR) is 101 cm³/mol. The second kappa shape index (κ2) is 7.37. The Hall–Kier alpha value is -2.18. The van der Waals surface area contributed by atoms with Crippen LogP contribution in [0.25, 0.3) is 0 Å². The van der Waals surface area contributed by atoms with Crippen LogP contribution in [0, 0.1) is 6.92 Å². The van der Waals surface area contributed by atoms with Crippen molar-refractivity contribution in [2.24, 2.45) is 0 Å². The lowest BCUT2D eigenvalue weighted by atomic mass is 10.0. The fourth-order valence-corrected chi connectivity index (χ4v) is 3.83. The van der Waals surface area contributed by atoms with Gasteiger partial charge < -0.3 is 9.29 Å². The molecule has 2 aromatic rings. The highest BCUT2D eigenvalue weighted by Gasteiger charge is 2.29. The van der Waals surface area contributed by atoms with Crippen molar-refractivity contribution in [2.75, 3.05) is 16.2 Å². The van der Waals surface area contributed by atoms with Crippen LogP contribution in [-0.4, -0.2) is 17.2 Å². The van der Waals surface area contributed by atoms with E-state index in [0.717, 1.165) is 22.5 Å². The number of hydrogen-bond donors (Lipinski definition) is 1. The highest BCUT2D eigenvalue weighted by molar-refractivity contribution is 7.91. The average Bonchev–Trinajstić information content (AvgIpc) is 2.58. The summed E-state index contributed by atoms with van der Waals surface area (Å²) in [6, 6.07) is 13.6. The number of cyclic esters (lactones) is 1. The highest BCUT2D eigenvalue weighted by atomic mass is 32.2. The van der Waals surface area contributed by atoms with Crippen molar-refractivity contribution in [3.63, 3.8) is 0 Å². The Morgan fingerprint density at radius 1 is 1.24 bits per heavy atom. The van der Waals surface area contributed by atoms with Crippen LogP contribution < -0.4 is 9.62 Å². The minimum atomic E-state index is -1.23. The number of anilines is 2. The fourth-order valence-electron chi connectivity index (χ4n) is 2.87. The molecule has 3 rings (SSSR count). The maximum Gasteiger partial charge on any atom is 0.414 e. The molecule has 1 amide bonds. The number of carbonyl (C=O) groups excluding carboxylic acids is 1. The molecule has 0 fully saturated rings. The molecular weight excluding hydrogens is 336 g/mol. The molecule has 1 N–H and O–H groups in total. The lowest BCUT2D eigenvalue weighted by Gasteiger charge is -2.32. The van der Waals surface area contributed by atoms with E-state index in [2.05, 4.69) is 4.72 Å². The number of amides is 1. The number of rotatable bonds is 5. The molecule has 0 spiro atoms. The van der Waals surface area contributed by atoms with Crippen molar-refractivity contribution in [1.29, 1.82) is 0 Å². The minimum absolute atomic E-state index is 0.322. The Labute approximate surface area is 151 Å². The van der Waals surface area contributed by atoms with Crippen molar-refractivity contribution in [3.8, 4) is 0 Å². The molecule has 2 unspecified atom stereocenters. The van der Waals surface area contributed by atoms with E-state index in [-0.39, 0.29) is 12.2 Å². The van der Waals surface area contributed by atoms with Crippen molar-refractivity contribution < 1.29 is 14.1 Å². The van der Waals surface area contributed by atoms with Crippen LogP contribution in [-0.2, 0) is 21.9 Å². The first kappa shape index (κ1) is 17.6. The molecule has 1 heterocycles. The third kappa shape index (κ3) is 3.91. The lowest BCUT2D eigenvalue weighted by Crippen LogP contribution is -2.36. The SMILES string of the molecule is CCN1C(=O)OC(C)c2cc(N[S+]([O-])Cc3ccc(C)cc3)ccc21. The zero-order valence-electron chi connectivity index (χ0n) is 14.6. The first-order valence-electron chi connectivity index (χ1n) is 8.30. The Morgan fingerprint density at radius 3 is 2.64 bits per heavy atom. The van der Waals surface area contributed by atoms with Gasteiger partial charge in [0.15, 0.2) is 5.75 Å². The van der Waals surface area contributed by atoms with Crippen LogP contribution >= 0.6 is 0 Å². The highest BCUT2D eigenvalue weighted by Crippen LogP contribution is 2.36. The topological polar surface area (TPSA) is 64.6 Å². The monoisotopic (exact) mass is 358 g/mol. The summed E-state index contributed by atoms with van der Waals surface area (Å²) in [4.78, 5) is 13.5. The maximum absolute atomic E-state index is 12.4. The summed E-state index contributed by atoms with van der Waals surface area (Å²) in [7, 11) is 0. The molecule has 25 heavy (non-hydrogen) atoms. The molecule has 1 aliphatic heterocycles. The molecule has 2 atom stereocenters. The van der Waals surface area contributed by atoms with E-state index < -0.39 is 11.4 Å². The molecule has 5 nitrogen and oxygen atoms in total. The summed E-state index contributed by atoms with van der Waals surface area (Å²) in [5.41, 5.74) is 4.72. The van der Waals surface area contributed by atoms with Crippen LogP contribution in [0.1, 0.15) is 36.6 Å². The summed E-state index contributed by atoms with van der Waals surface area (Å²) in [6.45, 7) is 6.32. The number of nitrogens with zero attached hydrogens (tertiary/aromatic N) is 1. The van der Waals surface area contributed by atoms with Crippen LogP contribution in [0.2, 0.25) is 0 Å². The molecule has 1 aliphatic rings. The smallest absolute Gasteiger partial charge is 0.414 e. The van der Waals surface area contributed by atoms with Crippen LogP contribution in [0.4, 0.5) is 16.2 Å². The van der Waals surface area contributed by atoms with Gasteiger partial charge in [0.25, 0.3) is 0 Å². The normalized spacial score (nSPS) is 17.7. The molecule has 2 aromatic carbocycles. The number of nitrogens with one attached hydrogen (secondary N) is 1. The van der Waals surface area contributed by atoms with Gasteiger partial charge >= 0.3 is 6.09 Å². The van der Waals surface area contributed by atoms with Crippen molar-refractivity contribution in [1.82, 2.24) is 0 Å². The maximum atomic E-state index is 12.4. The first-order valence-corrected chi connectivity index (χ1v) is 9.62. The summed E-state index contributed by atoms with van der Waals surface area (Å²) in [6.07, 6.45) is -0.649. The number of fused-ring (bicyclic) bond motifs is 1. The molecule has 0 aliphatic carbocycles. The van der Waals surface area contributed by atoms with Crippen molar-refractivity contribution in [2.45, 2.75) is 32.6 Å². The molecule has 0 radical (unpaired) electrons. The summed E-state index contributed by atoms with van der Waals surface area (Å²) < 4.78 is 20.8. The molecular formula is C19H22N2O3S. The van der Waals surface area contributed by atoms with Crippen molar-refractivity contribution in [3.05, 3.63) is 59.2 Å². The second-order valence-corrected chi connectivity index (χ2v) is 7.31. The van der Waals surface area contributed by atoms with Gasteiger partial charge in [0.05, 0.1) is 22.7 Å². The van der Waals surface area contributed by atoms with Gasteiger partial charge in [-0.05, 0) is 39.0 Å². The van der Waals surface area contributed by atoms with E-state index in [1.165, 1.54) is 5.56 Å². The molecule has 132 valence electrons. The Balaban J connectivity index is 1.74. The lowest BCUT2D eigenvalue weighted by molar-refractivity contribution is 0.108. The van der Waals surface area contributed by atoms with Crippen molar-refractivity contribution >= 4 is 28.8 Å². The standard InChI is InChI=1S/C19H22N2O3S/c1-4-21-18-10-9-16(11-17(18)14(3)24-19(21)22)20-25(23)12-15-7-5-13(2)6-8-15/h5-11,14,20H,4,12H2,1-3H3. The molecule has 0 aromatic heterocycles. The first-order chi connectivity index (χ1) is 12.0. The van der Waals surface area contributed by atoms with Gasteiger partial charge in [0.2, 0.25) is 0 Å². The Bertz CT molecular complexity index is 764.